The minimum atomic E-state index is -0.520. The molecule has 162 valence electrons. The molecule has 1 N–H and O–H groups in total. The van der Waals surface area contributed by atoms with Gasteiger partial charge in [-0.2, -0.15) is 0 Å². The van der Waals surface area contributed by atoms with Crippen molar-refractivity contribution in [3.63, 3.8) is 0 Å². The zero-order valence-electron chi connectivity index (χ0n) is 17.5. The fourth-order valence-corrected chi connectivity index (χ4v) is 4.47. The van der Waals surface area contributed by atoms with Gasteiger partial charge in [-0.3, -0.25) is 24.3 Å². The third kappa shape index (κ3) is 4.15. The zero-order valence-corrected chi connectivity index (χ0v) is 18.3. The van der Waals surface area contributed by atoms with Crippen molar-refractivity contribution in [2.24, 2.45) is 0 Å². The molecule has 0 radical (unpaired) electrons. The summed E-state index contributed by atoms with van der Waals surface area (Å²) in [6, 6.07) is 15.8. The lowest BCUT2D eigenvalue weighted by molar-refractivity contribution is -0.384. The number of aryl methyl sites for hydroxylation is 2. The molecule has 4 rings (SSSR count). The highest BCUT2D eigenvalue weighted by atomic mass is 32.1. The Hall–Kier alpha value is -3.85. The molecule has 2 heterocycles. The molecule has 0 bridgehead atoms. The molecule has 0 aliphatic rings. The third-order valence-electron chi connectivity index (χ3n) is 5.11. The summed E-state index contributed by atoms with van der Waals surface area (Å²) < 4.78 is 1.37. The molecule has 0 unspecified atom stereocenters. The summed E-state index contributed by atoms with van der Waals surface area (Å²) in [7, 11) is 0. The summed E-state index contributed by atoms with van der Waals surface area (Å²) in [5.41, 5.74) is 1.62. The van der Waals surface area contributed by atoms with Crippen molar-refractivity contribution >= 4 is 38.8 Å². The molecule has 0 saturated carbocycles. The number of aromatic nitrogens is 2. The molecular formula is C23H20N4O4S. The number of anilines is 1. The lowest BCUT2D eigenvalue weighted by atomic mass is 10.2. The number of carbonyl (C=O) groups excluding carboxylic acids is 1. The van der Waals surface area contributed by atoms with Crippen molar-refractivity contribution in [1.29, 1.82) is 0 Å². The number of carbonyl (C=O) groups is 1. The van der Waals surface area contributed by atoms with Crippen LogP contribution in [0.25, 0.3) is 20.7 Å². The van der Waals surface area contributed by atoms with Crippen LogP contribution in [-0.4, -0.2) is 20.4 Å². The van der Waals surface area contributed by atoms with Crippen LogP contribution in [-0.2, 0) is 17.8 Å². The van der Waals surface area contributed by atoms with Gasteiger partial charge in [-0.1, -0.05) is 43.3 Å². The van der Waals surface area contributed by atoms with Crippen molar-refractivity contribution in [3.8, 4) is 10.4 Å². The second kappa shape index (κ2) is 8.72. The Labute approximate surface area is 187 Å². The molecule has 4 aromatic rings. The highest BCUT2D eigenvalue weighted by Crippen LogP contribution is 2.31. The minimum absolute atomic E-state index is 0.118. The lowest BCUT2D eigenvalue weighted by Crippen LogP contribution is -2.30. The number of nitro benzene ring substituents is 1. The van der Waals surface area contributed by atoms with E-state index in [1.807, 2.05) is 43.3 Å². The van der Waals surface area contributed by atoms with Crippen LogP contribution in [0.4, 0.5) is 11.4 Å². The Morgan fingerprint density at radius 1 is 1.19 bits per heavy atom. The predicted octanol–water partition coefficient (Wildman–Crippen LogP) is 4.54. The van der Waals surface area contributed by atoms with Crippen LogP contribution in [0.15, 0.2) is 59.4 Å². The van der Waals surface area contributed by atoms with Crippen molar-refractivity contribution in [2.45, 2.75) is 26.8 Å². The molecule has 0 aliphatic carbocycles. The van der Waals surface area contributed by atoms with E-state index in [2.05, 4.69) is 10.3 Å². The number of nitrogens with zero attached hydrogens (tertiary/aromatic N) is 3. The Bertz CT molecular complexity index is 1390. The first-order chi connectivity index (χ1) is 15.4. The first-order valence-corrected chi connectivity index (χ1v) is 10.8. The average molecular weight is 449 g/mol. The molecular weight excluding hydrogens is 428 g/mol. The smallest absolute Gasteiger partial charge is 0.271 e. The van der Waals surface area contributed by atoms with Gasteiger partial charge in [0.1, 0.15) is 17.2 Å². The molecule has 2 aromatic heterocycles. The van der Waals surface area contributed by atoms with Gasteiger partial charge in [0.05, 0.1) is 16.0 Å². The lowest BCUT2D eigenvalue weighted by Gasteiger charge is -2.12. The Balaban J connectivity index is 1.67. The molecule has 0 aliphatic heterocycles. The summed E-state index contributed by atoms with van der Waals surface area (Å²) in [6.07, 6.45) is 0.479. The SMILES string of the molecule is CCc1nc2sc(-c3ccccc3)cc2c(=O)n1CC(=O)Nc1cc([N+](=O)[O-])ccc1C. The number of rotatable bonds is 6. The first-order valence-electron chi connectivity index (χ1n) is 10.0. The van der Waals surface area contributed by atoms with Crippen LogP contribution in [0.5, 0.6) is 0 Å². The number of hydrogen-bond donors (Lipinski definition) is 1. The molecule has 0 saturated heterocycles. The predicted molar refractivity (Wildman–Crippen MR) is 125 cm³/mol. The fourth-order valence-electron chi connectivity index (χ4n) is 3.43. The number of benzene rings is 2. The second-order valence-corrected chi connectivity index (χ2v) is 8.30. The summed E-state index contributed by atoms with van der Waals surface area (Å²) in [4.78, 5) is 42.7. The number of amides is 1. The summed E-state index contributed by atoms with van der Waals surface area (Å²) in [6.45, 7) is 3.38. The van der Waals surface area contributed by atoms with E-state index in [9.17, 15) is 19.7 Å². The molecule has 0 fully saturated rings. The van der Waals surface area contributed by atoms with Crippen molar-refractivity contribution in [2.75, 3.05) is 5.32 Å². The highest BCUT2D eigenvalue weighted by Gasteiger charge is 2.17. The number of hydrogen-bond acceptors (Lipinski definition) is 6. The van der Waals surface area contributed by atoms with Gasteiger partial charge in [0.25, 0.3) is 11.2 Å². The van der Waals surface area contributed by atoms with Gasteiger partial charge in [0.15, 0.2) is 0 Å². The molecule has 1 amide bonds. The summed E-state index contributed by atoms with van der Waals surface area (Å²) in [5, 5.41) is 14.2. The molecule has 32 heavy (non-hydrogen) atoms. The van der Waals surface area contributed by atoms with E-state index in [-0.39, 0.29) is 17.8 Å². The van der Waals surface area contributed by atoms with E-state index in [1.165, 1.54) is 28.0 Å². The van der Waals surface area contributed by atoms with E-state index in [4.69, 9.17) is 0 Å². The largest absolute Gasteiger partial charge is 0.324 e. The normalized spacial score (nSPS) is 10.9. The van der Waals surface area contributed by atoms with E-state index < -0.39 is 10.8 Å². The van der Waals surface area contributed by atoms with E-state index in [0.717, 1.165) is 10.4 Å². The molecule has 2 aromatic carbocycles. The van der Waals surface area contributed by atoms with Gasteiger partial charge in [-0.05, 0) is 24.1 Å². The van der Waals surface area contributed by atoms with Gasteiger partial charge in [-0.15, -0.1) is 11.3 Å². The van der Waals surface area contributed by atoms with Crippen LogP contribution in [0.2, 0.25) is 0 Å². The molecule has 0 spiro atoms. The Kier molecular flexibility index (Phi) is 5.83. The van der Waals surface area contributed by atoms with Crippen LogP contribution in [0.3, 0.4) is 0 Å². The average Bonchev–Trinajstić information content (AvgIpc) is 3.22. The zero-order chi connectivity index (χ0) is 22.8. The number of fused-ring (bicyclic) bond motifs is 1. The highest BCUT2D eigenvalue weighted by molar-refractivity contribution is 7.21. The van der Waals surface area contributed by atoms with E-state index in [1.54, 1.807) is 13.0 Å². The second-order valence-electron chi connectivity index (χ2n) is 7.27. The fraction of sp³-hybridized carbons (Fsp3) is 0.174. The van der Waals surface area contributed by atoms with Crippen LogP contribution in [0, 0.1) is 17.0 Å². The number of non-ortho nitro benzene ring substituents is 1. The first kappa shape index (κ1) is 21.4. The van der Waals surface area contributed by atoms with Crippen molar-refractivity contribution in [3.05, 3.63) is 86.5 Å². The van der Waals surface area contributed by atoms with Gasteiger partial charge in [0.2, 0.25) is 5.91 Å². The topological polar surface area (TPSA) is 107 Å². The molecule has 0 atom stereocenters. The Morgan fingerprint density at radius 3 is 2.62 bits per heavy atom. The number of nitrogens with one attached hydrogen (secondary N) is 1. The maximum Gasteiger partial charge on any atom is 0.271 e. The van der Waals surface area contributed by atoms with E-state index in [0.29, 0.717) is 33.7 Å². The quantitative estimate of drug-likeness (QED) is 0.344. The summed E-state index contributed by atoms with van der Waals surface area (Å²) in [5.74, 6) is 0.0555. The van der Waals surface area contributed by atoms with Gasteiger partial charge in [-0.25, -0.2) is 4.98 Å². The Morgan fingerprint density at radius 2 is 1.94 bits per heavy atom. The van der Waals surface area contributed by atoms with Gasteiger partial charge < -0.3 is 5.32 Å². The van der Waals surface area contributed by atoms with Crippen molar-refractivity contribution in [1.82, 2.24) is 9.55 Å². The number of nitro groups is 1. The van der Waals surface area contributed by atoms with Crippen LogP contribution in [0.1, 0.15) is 18.3 Å². The van der Waals surface area contributed by atoms with Crippen LogP contribution < -0.4 is 10.9 Å². The maximum atomic E-state index is 13.2. The summed E-state index contributed by atoms with van der Waals surface area (Å²) >= 11 is 1.44. The van der Waals surface area contributed by atoms with Gasteiger partial charge in [0, 0.05) is 23.4 Å². The van der Waals surface area contributed by atoms with Crippen molar-refractivity contribution < 1.29 is 9.72 Å². The third-order valence-corrected chi connectivity index (χ3v) is 6.19. The molecule has 8 nitrogen and oxygen atoms in total. The van der Waals surface area contributed by atoms with E-state index >= 15 is 0 Å². The van der Waals surface area contributed by atoms with Gasteiger partial charge >= 0.3 is 0 Å². The standard InChI is InChI=1S/C23H20N4O4S/c1-3-20-25-22-17(12-19(32-22)15-7-5-4-6-8-15)23(29)26(20)13-21(28)24-18-11-16(27(30)31)10-9-14(18)2/h4-12H,3,13H2,1-2H3,(H,24,28). The monoisotopic (exact) mass is 448 g/mol. The number of thiophene rings is 1. The van der Waals surface area contributed by atoms with Crippen LogP contribution >= 0.6 is 11.3 Å². The maximum absolute atomic E-state index is 13.2. The molecule has 9 heteroatoms. The minimum Gasteiger partial charge on any atom is -0.324 e.